The summed E-state index contributed by atoms with van der Waals surface area (Å²) in [6.07, 6.45) is 3.10. The maximum atomic E-state index is 11.1. The van der Waals surface area contributed by atoms with Crippen molar-refractivity contribution in [3.05, 3.63) is 31.5 Å². The van der Waals surface area contributed by atoms with Gasteiger partial charge in [-0.1, -0.05) is 0 Å². The minimum Gasteiger partial charge on any atom is -0.264 e. The van der Waals surface area contributed by atoms with Gasteiger partial charge in [0.25, 0.3) is 5.70 Å². The van der Waals surface area contributed by atoms with E-state index in [1.807, 2.05) is 0 Å². The summed E-state index contributed by atoms with van der Waals surface area (Å²) in [5.74, 6) is 0. The Hall–Kier alpha value is -1.46. The number of hydrogen-bond acceptors (Lipinski definition) is 4. The highest BCUT2D eigenvalue weighted by molar-refractivity contribution is 5.27. The van der Waals surface area contributed by atoms with Gasteiger partial charge in [0.15, 0.2) is 0 Å². The van der Waals surface area contributed by atoms with Crippen molar-refractivity contribution < 1.29 is 9.85 Å². The van der Waals surface area contributed by atoms with E-state index in [4.69, 9.17) is 0 Å². The fourth-order valence-electron chi connectivity index (χ4n) is 2.82. The Morgan fingerprint density at radius 1 is 1.07 bits per heavy atom. The maximum Gasteiger partial charge on any atom is 0.252 e. The normalized spacial score (nSPS) is 30.1. The van der Waals surface area contributed by atoms with Crippen molar-refractivity contribution in [2.45, 2.75) is 44.1 Å². The monoisotopic (exact) mass is 212 g/mol. The van der Waals surface area contributed by atoms with Gasteiger partial charge in [-0.3, -0.25) is 20.2 Å². The van der Waals surface area contributed by atoms with Crippen LogP contribution in [0.25, 0.3) is 0 Å². The maximum absolute atomic E-state index is 11.1. The zero-order valence-electron chi connectivity index (χ0n) is 8.27. The van der Waals surface area contributed by atoms with E-state index in [0.717, 1.165) is 0 Å². The molecule has 0 amide bonds. The van der Waals surface area contributed by atoms with Gasteiger partial charge in [0.05, 0.1) is 10.5 Å². The molecule has 0 aliphatic heterocycles. The third-order valence-corrected chi connectivity index (χ3v) is 3.50. The van der Waals surface area contributed by atoms with Crippen LogP contribution in [0.3, 0.4) is 0 Å². The largest absolute Gasteiger partial charge is 0.264 e. The molecule has 1 saturated carbocycles. The number of rotatable bonds is 2. The van der Waals surface area contributed by atoms with Crippen LogP contribution in [-0.2, 0) is 0 Å². The highest BCUT2D eigenvalue weighted by atomic mass is 16.6. The van der Waals surface area contributed by atoms with E-state index in [0.29, 0.717) is 44.1 Å². The van der Waals surface area contributed by atoms with Crippen molar-refractivity contribution in [2.24, 2.45) is 0 Å². The van der Waals surface area contributed by atoms with E-state index < -0.39 is 10.5 Å². The molecule has 15 heavy (non-hydrogen) atoms. The van der Waals surface area contributed by atoms with Crippen LogP contribution in [0.2, 0.25) is 0 Å². The Morgan fingerprint density at radius 2 is 1.67 bits per heavy atom. The number of nitrogens with zero attached hydrogens (tertiary/aromatic N) is 2. The van der Waals surface area contributed by atoms with Crippen LogP contribution < -0.4 is 0 Å². The van der Waals surface area contributed by atoms with E-state index in [2.05, 4.69) is 0 Å². The van der Waals surface area contributed by atoms with Gasteiger partial charge in [0, 0.05) is 24.2 Å². The van der Waals surface area contributed by atoms with Gasteiger partial charge in [-0.05, 0) is 19.3 Å². The average molecular weight is 212 g/mol. The van der Waals surface area contributed by atoms with E-state index in [1.165, 1.54) is 0 Å². The summed E-state index contributed by atoms with van der Waals surface area (Å²) in [5, 5.41) is 21.9. The van der Waals surface area contributed by atoms with Crippen LogP contribution in [0.15, 0.2) is 11.3 Å². The average Bonchev–Trinajstić information content (AvgIpc) is 2.61. The molecule has 0 saturated heterocycles. The minimum absolute atomic E-state index is 0.107. The van der Waals surface area contributed by atoms with Crippen LogP contribution in [-0.4, -0.2) is 15.4 Å². The summed E-state index contributed by atoms with van der Waals surface area (Å²) < 4.78 is 0. The molecule has 6 nitrogen and oxygen atoms in total. The molecule has 1 fully saturated rings. The third-order valence-electron chi connectivity index (χ3n) is 3.50. The SMILES string of the molecule is O=[N+]([O-])C1=C2CCCC2([N+](=O)[O-])CCC1. The fourth-order valence-corrected chi connectivity index (χ4v) is 2.82. The van der Waals surface area contributed by atoms with E-state index in [1.54, 1.807) is 0 Å². The molecule has 0 bridgehead atoms. The topological polar surface area (TPSA) is 86.3 Å². The lowest BCUT2D eigenvalue weighted by molar-refractivity contribution is -0.562. The van der Waals surface area contributed by atoms with Crippen molar-refractivity contribution in [1.29, 1.82) is 0 Å². The standard InChI is InChI=1S/C9H12N2O4/c12-10(13)8-4-2-6-9(11(14)15)5-1-3-7(8)9/h1-6H2. The molecule has 2 aliphatic carbocycles. The molecule has 1 unspecified atom stereocenters. The number of fused-ring (bicyclic) bond motifs is 1. The number of nitro groups is 2. The zero-order valence-corrected chi connectivity index (χ0v) is 8.27. The molecular weight excluding hydrogens is 200 g/mol. The van der Waals surface area contributed by atoms with Crippen LogP contribution in [0.5, 0.6) is 0 Å². The van der Waals surface area contributed by atoms with Crippen LogP contribution in [0.4, 0.5) is 0 Å². The molecular formula is C9H12N2O4. The summed E-state index contributed by atoms with van der Waals surface area (Å²) in [6, 6.07) is 0. The minimum atomic E-state index is -1.10. The Balaban J connectivity index is 2.51. The van der Waals surface area contributed by atoms with Crippen molar-refractivity contribution in [1.82, 2.24) is 0 Å². The molecule has 6 heteroatoms. The van der Waals surface area contributed by atoms with Gasteiger partial charge in [-0.15, -0.1) is 0 Å². The lowest BCUT2D eigenvalue weighted by Crippen LogP contribution is -2.40. The van der Waals surface area contributed by atoms with Crippen LogP contribution >= 0.6 is 0 Å². The Kier molecular flexibility index (Phi) is 2.21. The molecule has 82 valence electrons. The fraction of sp³-hybridized carbons (Fsp3) is 0.778. The first-order chi connectivity index (χ1) is 7.08. The predicted molar refractivity (Wildman–Crippen MR) is 51.4 cm³/mol. The number of allylic oxidation sites excluding steroid dienone is 1. The summed E-state index contributed by atoms with van der Waals surface area (Å²) in [6.45, 7) is 0. The van der Waals surface area contributed by atoms with Gasteiger partial charge < -0.3 is 0 Å². The van der Waals surface area contributed by atoms with Crippen molar-refractivity contribution in [3.63, 3.8) is 0 Å². The van der Waals surface area contributed by atoms with Gasteiger partial charge >= 0.3 is 0 Å². The van der Waals surface area contributed by atoms with E-state index in [-0.39, 0.29) is 10.6 Å². The number of hydrogen-bond donors (Lipinski definition) is 0. The Morgan fingerprint density at radius 3 is 2.20 bits per heavy atom. The second-order valence-electron chi connectivity index (χ2n) is 4.18. The molecule has 2 aliphatic rings. The molecule has 0 N–H and O–H groups in total. The van der Waals surface area contributed by atoms with Gasteiger partial charge in [0.1, 0.15) is 0 Å². The Labute approximate surface area is 86.3 Å². The quantitative estimate of drug-likeness (QED) is 0.516. The van der Waals surface area contributed by atoms with Gasteiger partial charge in [-0.25, -0.2) is 0 Å². The van der Waals surface area contributed by atoms with Gasteiger partial charge in [0.2, 0.25) is 5.54 Å². The molecule has 0 heterocycles. The summed E-state index contributed by atoms with van der Waals surface area (Å²) in [5.41, 5.74) is -0.500. The predicted octanol–water partition coefficient (Wildman–Crippen LogP) is 1.90. The molecule has 2 rings (SSSR count). The lowest BCUT2D eigenvalue weighted by atomic mass is 9.81. The Bertz CT molecular complexity index is 363. The molecule has 0 aromatic carbocycles. The molecule has 0 spiro atoms. The van der Waals surface area contributed by atoms with Gasteiger partial charge in [-0.2, -0.15) is 0 Å². The molecule has 0 radical (unpaired) electrons. The first-order valence-corrected chi connectivity index (χ1v) is 5.09. The lowest BCUT2D eigenvalue weighted by Gasteiger charge is -2.25. The summed E-state index contributed by atoms with van der Waals surface area (Å²) >= 11 is 0. The molecule has 1 atom stereocenters. The second kappa shape index (κ2) is 3.29. The van der Waals surface area contributed by atoms with Crippen LogP contribution in [0, 0.1) is 20.2 Å². The smallest absolute Gasteiger partial charge is 0.252 e. The highest BCUT2D eigenvalue weighted by Gasteiger charge is 2.55. The second-order valence-corrected chi connectivity index (χ2v) is 4.18. The van der Waals surface area contributed by atoms with E-state index in [9.17, 15) is 20.2 Å². The zero-order chi connectivity index (χ0) is 11.1. The van der Waals surface area contributed by atoms with Crippen molar-refractivity contribution in [2.75, 3.05) is 0 Å². The third kappa shape index (κ3) is 1.32. The summed E-state index contributed by atoms with van der Waals surface area (Å²) in [4.78, 5) is 21.1. The van der Waals surface area contributed by atoms with Crippen molar-refractivity contribution in [3.8, 4) is 0 Å². The van der Waals surface area contributed by atoms with E-state index >= 15 is 0 Å². The first kappa shape index (κ1) is 10.1. The molecule has 0 aromatic rings. The summed E-state index contributed by atoms with van der Waals surface area (Å²) in [7, 11) is 0. The van der Waals surface area contributed by atoms with Crippen LogP contribution in [0.1, 0.15) is 38.5 Å². The first-order valence-electron chi connectivity index (χ1n) is 5.09. The highest BCUT2D eigenvalue weighted by Crippen LogP contribution is 2.46. The van der Waals surface area contributed by atoms with Crippen molar-refractivity contribution >= 4 is 0 Å². The molecule has 0 aromatic heterocycles.